The molecule has 0 aromatic rings. The van der Waals surface area contributed by atoms with Crippen LogP contribution in [0.25, 0.3) is 0 Å². The van der Waals surface area contributed by atoms with Crippen LogP contribution in [0.1, 0.15) is 20.3 Å². The van der Waals surface area contributed by atoms with Gasteiger partial charge in [0.15, 0.2) is 5.79 Å². The monoisotopic (exact) mass is 144 g/mol. The SMILES string of the molecule is C=C(CC)C(C)(OC)OC. The van der Waals surface area contributed by atoms with Gasteiger partial charge in [-0.15, -0.1) is 0 Å². The maximum Gasteiger partial charge on any atom is 0.186 e. The second-order valence-corrected chi connectivity index (χ2v) is 2.31. The van der Waals surface area contributed by atoms with Gasteiger partial charge in [0.25, 0.3) is 0 Å². The first-order valence-electron chi connectivity index (χ1n) is 3.39. The molecule has 0 spiro atoms. The Balaban J connectivity index is 4.17. The van der Waals surface area contributed by atoms with Crippen LogP contribution < -0.4 is 0 Å². The van der Waals surface area contributed by atoms with E-state index in [1.165, 1.54) is 0 Å². The smallest absolute Gasteiger partial charge is 0.186 e. The molecule has 0 heterocycles. The highest BCUT2D eigenvalue weighted by Crippen LogP contribution is 2.21. The van der Waals surface area contributed by atoms with Crippen molar-refractivity contribution in [3.05, 3.63) is 12.2 Å². The minimum absolute atomic E-state index is 0.602. The van der Waals surface area contributed by atoms with Crippen molar-refractivity contribution in [1.82, 2.24) is 0 Å². The van der Waals surface area contributed by atoms with Crippen molar-refractivity contribution in [1.29, 1.82) is 0 Å². The Hall–Kier alpha value is -0.340. The second-order valence-electron chi connectivity index (χ2n) is 2.31. The van der Waals surface area contributed by atoms with Crippen LogP contribution in [-0.4, -0.2) is 20.0 Å². The Morgan fingerprint density at radius 1 is 1.40 bits per heavy atom. The Morgan fingerprint density at radius 2 is 1.80 bits per heavy atom. The molecular formula is C8H16O2. The third-order valence-corrected chi connectivity index (χ3v) is 1.85. The molecule has 0 aliphatic carbocycles. The minimum Gasteiger partial charge on any atom is -0.350 e. The average Bonchev–Trinajstić information content (AvgIpc) is 2.01. The third kappa shape index (κ3) is 1.82. The summed E-state index contributed by atoms with van der Waals surface area (Å²) in [4.78, 5) is 0. The van der Waals surface area contributed by atoms with E-state index in [9.17, 15) is 0 Å². The Morgan fingerprint density at radius 3 is 1.90 bits per heavy atom. The standard InChI is InChI=1S/C8H16O2/c1-6-7(2)8(3,9-4)10-5/h2,6H2,1,3-5H3. The Labute approximate surface area is 62.8 Å². The van der Waals surface area contributed by atoms with Gasteiger partial charge in [0.1, 0.15) is 0 Å². The van der Waals surface area contributed by atoms with E-state index >= 15 is 0 Å². The summed E-state index contributed by atoms with van der Waals surface area (Å²) in [5, 5.41) is 0. The van der Waals surface area contributed by atoms with Gasteiger partial charge in [-0.2, -0.15) is 0 Å². The van der Waals surface area contributed by atoms with Gasteiger partial charge in [-0.1, -0.05) is 13.5 Å². The lowest BCUT2D eigenvalue weighted by Gasteiger charge is -2.27. The molecule has 60 valence electrons. The van der Waals surface area contributed by atoms with Crippen molar-refractivity contribution < 1.29 is 9.47 Å². The highest BCUT2D eigenvalue weighted by Gasteiger charge is 2.24. The van der Waals surface area contributed by atoms with Gasteiger partial charge < -0.3 is 9.47 Å². The highest BCUT2D eigenvalue weighted by atomic mass is 16.7. The van der Waals surface area contributed by atoms with E-state index in [0.29, 0.717) is 0 Å². The number of rotatable bonds is 4. The molecule has 0 N–H and O–H groups in total. The molecule has 2 nitrogen and oxygen atoms in total. The lowest BCUT2D eigenvalue weighted by atomic mass is 10.1. The van der Waals surface area contributed by atoms with Gasteiger partial charge in [-0.25, -0.2) is 0 Å². The van der Waals surface area contributed by atoms with Crippen molar-refractivity contribution in [2.24, 2.45) is 0 Å². The van der Waals surface area contributed by atoms with E-state index in [1.54, 1.807) is 14.2 Å². The average molecular weight is 144 g/mol. The predicted octanol–water partition coefficient (Wildman–Crippen LogP) is 1.96. The minimum atomic E-state index is -0.602. The molecule has 0 saturated carbocycles. The van der Waals surface area contributed by atoms with Gasteiger partial charge in [-0.3, -0.25) is 0 Å². The molecule has 0 aromatic carbocycles. The molecule has 2 heteroatoms. The molecular weight excluding hydrogens is 128 g/mol. The summed E-state index contributed by atoms with van der Waals surface area (Å²) in [7, 11) is 3.23. The summed E-state index contributed by atoms with van der Waals surface area (Å²) < 4.78 is 10.2. The molecule has 0 atom stereocenters. The van der Waals surface area contributed by atoms with Crippen LogP contribution in [0.2, 0.25) is 0 Å². The summed E-state index contributed by atoms with van der Waals surface area (Å²) in [6.07, 6.45) is 0.873. The molecule has 0 aliphatic rings. The van der Waals surface area contributed by atoms with E-state index in [4.69, 9.17) is 9.47 Å². The first-order valence-corrected chi connectivity index (χ1v) is 3.39. The largest absolute Gasteiger partial charge is 0.350 e. The molecule has 0 aliphatic heterocycles. The fourth-order valence-electron chi connectivity index (χ4n) is 0.693. The third-order valence-electron chi connectivity index (χ3n) is 1.85. The van der Waals surface area contributed by atoms with Gasteiger partial charge in [-0.05, 0) is 18.9 Å². The fraction of sp³-hybridized carbons (Fsp3) is 0.750. The summed E-state index contributed by atoms with van der Waals surface area (Å²) in [5.41, 5.74) is 0.956. The number of methoxy groups -OCH3 is 2. The summed E-state index contributed by atoms with van der Waals surface area (Å²) in [6, 6.07) is 0. The number of hydrogen-bond donors (Lipinski definition) is 0. The first-order chi connectivity index (χ1) is 4.60. The molecule has 0 unspecified atom stereocenters. The van der Waals surface area contributed by atoms with Crippen molar-refractivity contribution in [2.45, 2.75) is 26.1 Å². The zero-order chi connectivity index (χ0) is 8.20. The van der Waals surface area contributed by atoms with Crippen LogP contribution in [0.3, 0.4) is 0 Å². The van der Waals surface area contributed by atoms with Crippen molar-refractivity contribution in [3.8, 4) is 0 Å². The van der Waals surface area contributed by atoms with Gasteiger partial charge in [0, 0.05) is 14.2 Å². The van der Waals surface area contributed by atoms with Crippen LogP contribution in [-0.2, 0) is 9.47 Å². The molecule has 10 heavy (non-hydrogen) atoms. The predicted molar refractivity (Wildman–Crippen MR) is 41.9 cm³/mol. The van der Waals surface area contributed by atoms with Crippen LogP contribution in [0.15, 0.2) is 12.2 Å². The van der Waals surface area contributed by atoms with Crippen molar-refractivity contribution >= 4 is 0 Å². The van der Waals surface area contributed by atoms with Gasteiger partial charge >= 0.3 is 0 Å². The van der Waals surface area contributed by atoms with Crippen molar-refractivity contribution in [2.75, 3.05) is 14.2 Å². The lowest BCUT2D eigenvalue weighted by molar-refractivity contribution is -0.165. The summed E-state index contributed by atoms with van der Waals surface area (Å²) in [6.45, 7) is 7.72. The summed E-state index contributed by atoms with van der Waals surface area (Å²) in [5.74, 6) is -0.602. The van der Waals surface area contributed by atoms with Crippen LogP contribution in [0.4, 0.5) is 0 Å². The molecule has 0 bridgehead atoms. The van der Waals surface area contributed by atoms with Crippen LogP contribution in [0, 0.1) is 0 Å². The van der Waals surface area contributed by atoms with Crippen LogP contribution in [0.5, 0.6) is 0 Å². The van der Waals surface area contributed by atoms with Crippen LogP contribution >= 0.6 is 0 Å². The lowest BCUT2D eigenvalue weighted by Crippen LogP contribution is -2.31. The summed E-state index contributed by atoms with van der Waals surface area (Å²) >= 11 is 0. The van der Waals surface area contributed by atoms with E-state index < -0.39 is 5.79 Å². The van der Waals surface area contributed by atoms with Gasteiger partial charge in [0.05, 0.1) is 0 Å². The molecule has 0 aromatic heterocycles. The quantitative estimate of drug-likeness (QED) is 0.443. The zero-order valence-electron chi connectivity index (χ0n) is 7.23. The van der Waals surface area contributed by atoms with E-state index in [-0.39, 0.29) is 0 Å². The Bertz CT molecular complexity index is 114. The first kappa shape index (κ1) is 9.66. The van der Waals surface area contributed by atoms with Crippen molar-refractivity contribution in [3.63, 3.8) is 0 Å². The van der Waals surface area contributed by atoms with E-state index in [1.807, 2.05) is 13.8 Å². The number of hydrogen-bond acceptors (Lipinski definition) is 2. The van der Waals surface area contributed by atoms with E-state index in [2.05, 4.69) is 6.58 Å². The molecule has 0 saturated heterocycles. The highest BCUT2D eigenvalue weighted by molar-refractivity contribution is 5.05. The molecule has 0 radical (unpaired) electrons. The number of ether oxygens (including phenoxy) is 2. The van der Waals surface area contributed by atoms with Gasteiger partial charge in [0.2, 0.25) is 0 Å². The fourth-order valence-corrected chi connectivity index (χ4v) is 0.693. The molecule has 0 rings (SSSR count). The second kappa shape index (κ2) is 3.74. The Kier molecular flexibility index (Phi) is 3.61. The maximum atomic E-state index is 5.12. The normalized spacial score (nSPS) is 11.6. The topological polar surface area (TPSA) is 18.5 Å². The molecule has 0 fully saturated rings. The molecule has 0 amide bonds. The van der Waals surface area contributed by atoms with E-state index in [0.717, 1.165) is 12.0 Å². The maximum absolute atomic E-state index is 5.12. The zero-order valence-corrected chi connectivity index (χ0v) is 7.23.